The van der Waals surface area contributed by atoms with E-state index in [4.69, 9.17) is 4.74 Å². The third-order valence-electron chi connectivity index (χ3n) is 9.04. The number of hydrogen-bond acceptors (Lipinski definition) is 8. The Morgan fingerprint density at radius 3 is 1.62 bits per heavy atom. The van der Waals surface area contributed by atoms with E-state index in [-0.39, 0.29) is 53.9 Å². The number of ether oxygens (including phenoxy) is 1. The van der Waals surface area contributed by atoms with E-state index in [1.54, 1.807) is 15.9 Å². The zero-order valence-electron chi connectivity index (χ0n) is 28.5. The van der Waals surface area contributed by atoms with Crippen molar-refractivity contribution < 1.29 is 53.1 Å². The van der Waals surface area contributed by atoms with Gasteiger partial charge in [-0.3, -0.25) is 4.79 Å². The molecule has 0 atom stereocenters. The fraction of sp³-hybridized carbons (Fsp3) is 0.441. The van der Waals surface area contributed by atoms with Crippen molar-refractivity contribution in [2.24, 2.45) is 0 Å². The number of anilines is 3. The minimum Gasteiger partial charge on any atom is -0.378 e. The molecule has 0 saturated carbocycles. The van der Waals surface area contributed by atoms with Crippen molar-refractivity contribution in [2.45, 2.75) is 17.2 Å². The monoisotopic (exact) mass is 778 g/mol. The molecule has 3 aliphatic heterocycles. The Morgan fingerprint density at radius 2 is 1.15 bits per heavy atom. The minimum atomic E-state index is -4.64. The van der Waals surface area contributed by atoms with E-state index in [9.17, 15) is 48.3 Å². The number of benzene rings is 3. The Hall–Kier alpha value is -4.20. The van der Waals surface area contributed by atoms with Gasteiger partial charge in [0, 0.05) is 71.1 Å². The zero-order valence-corrected chi connectivity index (χ0v) is 29.4. The van der Waals surface area contributed by atoms with E-state index < -0.39 is 45.1 Å². The summed E-state index contributed by atoms with van der Waals surface area (Å²) in [5.74, 6) is -2.18. The number of amides is 1. The van der Waals surface area contributed by atoms with Gasteiger partial charge in [0.25, 0.3) is 5.91 Å². The second-order valence-corrected chi connectivity index (χ2v) is 14.2. The first-order valence-electron chi connectivity index (χ1n) is 16.6. The van der Waals surface area contributed by atoms with Crippen LogP contribution in [0.3, 0.4) is 0 Å². The van der Waals surface area contributed by atoms with Gasteiger partial charge in [0.1, 0.15) is 11.6 Å². The highest BCUT2D eigenvalue weighted by atomic mass is 32.2. The summed E-state index contributed by atoms with van der Waals surface area (Å²) >= 11 is 0. The van der Waals surface area contributed by atoms with Crippen LogP contribution >= 0.6 is 0 Å². The molecule has 0 unspecified atom stereocenters. The summed E-state index contributed by atoms with van der Waals surface area (Å²) in [4.78, 5) is 20.3. The Morgan fingerprint density at radius 1 is 0.679 bits per heavy atom. The number of nitrogens with one attached hydrogen (secondary N) is 2. The van der Waals surface area contributed by atoms with Crippen molar-refractivity contribution in [3.63, 3.8) is 0 Å². The molecule has 3 aliphatic rings. The van der Waals surface area contributed by atoms with Crippen molar-refractivity contribution in [3.05, 3.63) is 82.9 Å². The molecule has 3 heterocycles. The molecular formula is C34H38F8N6O4S. The smallest absolute Gasteiger partial charge is 0.378 e. The van der Waals surface area contributed by atoms with Crippen LogP contribution in [0.4, 0.5) is 52.2 Å². The van der Waals surface area contributed by atoms with Gasteiger partial charge >= 0.3 is 12.4 Å². The lowest BCUT2D eigenvalue weighted by atomic mass is 10.1. The summed E-state index contributed by atoms with van der Waals surface area (Å²) in [6, 6.07) is 9.46. The molecule has 3 saturated heterocycles. The lowest BCUT2D eigenvalue weighted by Crippen LogP contribution is -2.49. The summed E-state index contributed by atoms with van der Waals surface area (Å²) in [5, 5.41) is 3.10. The van der Waals surface area contributed by atoms with Crippen LogP contribution in [-0.4, -0.2) is 105 Å². The van der Waals surface area contributed by atoms with Crippen LogP contribution in [0.25, 0.3) is 0 Å². The van der Waals surface area contributed by atoms with Gasteiger partial charge in [-0.15, -0.1) is 0 Å². The Bertz CT molecular complexity index is 1860. The van der Waals surface area contributed by atoms with Crippen LogP contribution in [0, 0.1) is 11.6 Å². The number of carbonyl (C=O) groups excluding carboxylic acids is 1. The van der Waals surface area contributed by atoms with Crippen LogP contribution in [0.1, 0.15) is 21.5 Å². The standard InChI is InChI=1S/C23H26F4N4O4S.C11H12F4N2/c1-28-36(33,34)17-3-5-20(30-10-12-35-13-11-30)18(15-17)22(32)31-8-6-29(7-9-31)21-4-2-16(14-19(21)24)23(25,26)27;12-9-7-8(11(13,14)15)1-2-10(9)17-5-3-16-4-6-17/h2-5,14-15,28H,6-13H2,1H3;1-2,7,16H,3-6H2. The van der Waals surface area contributed by atoms with E-state index in [1.165, 1.54) is 30.1 Å². The lowest BCUT2D eigenvalue weighted by Gasteiger charge is -2.37. The van der Waals surface area contributed by atoms with Gasteiger partial charge < -0.3 is 29.7 Å². The van der Waals surface area contributed by atoms with E-state index in [1.807, 2.05) is 4.90 Å². The van der Waals surface area contributed by atoms with Crippen molar-refractivity contribution in [1.29, 1.82) is 0 Å². The van der Waals surface area contributed by atoms with Crippen LogP contribution in [0.5, 0.6) is 0 Å². The van der Waals surface area contributed by atoms with Gasteiger partial charge in [-0.25, -0.2) is 21.9 Å². The normalized spacial score (nSPS) is 17.4. The van der Waals surface area contributed by atoms with Crippen LogP contribution in [0.15, 0.2) is 59.5 Å². The number of sulfonamides is 1. The van der Waals surface area contributed by atoms with Crippen LogP contribution in [-0.2, 0) is 27.1 Å². The molecule has 53 heavy (non-hydrogen) atoms. The molecule has 1 amide bonds. The number of nitrogens with zero attached hydrogens (tertiary/aromatic N) is 4. The highest BCUT2D eigenvalue weighted by Crippen LogP contribution is 2.34. The maximum atomic E-state index is 14.4. The van der Waals surface area contributed by atoms with Gasteiger partial charge in [-0.2, -0.15) is 26.3 Å². The minimum absolute atomic E-state index is 0.0335. The molecule has 0 radical (unpaired) electrons. The van der Waals surface area contributed by atoms with Crippen molar-refractivity contribution in [1.82, 2.24) is 14.9 Å². The van der Waals surface area contributed by atoms with Crippen LogP contribution < -0.4 is 24.7 Å². The molecule has 2 N–H and O–H groups in total. The van der Waals surface area contributed by atoms with Crippen molar-refractivity contribution >= 4 is 33.0 Å². The predicted molar refractivity (Wildman–Crippen MR) is 182 cm³/mol. The van der Waals surface area contributed by atoms with E-state index in [2.05, 4.69) is 10.0 Å². The first-order chi connectivity index (χ1) is 25.0. The predicted octanol–water partition coefficient (Wildman–Crippen LogP) is 4.81. The topological polar surface area (TPSA) is 97.5 Å². The molecule has 0 bridgehead atoms. The Balaban J connectivity index is 0.000000265. The molecule has 6 rings (SSSR count). The Labute approximate surface area is 301 Å². The number of morpholine rings is 1. The third-order valence-corrected chi connectivity index (χ3v) is 10.5. The van der Waals surface area contributed by atoms with Gasteiger partial charge in [0.15, 0.2) is 0 Å². The Kier molecular flexibility index (Phi) is 12.4. The van der Waals surface area contributed by atoms with Crippen molar-refractivity contribution in [3.8, 4) is 0 Å². The summed E-state index contributed by atoms with van der Waals surface area (Å²) < 4.78 is 136. The average Bonchev–Trinajstić information content (AvgIpc) is 3.14. The molecule has 3 fully saturated rings. The highest BCUT2D eigenvalue weighted by molar-refractivity contribution is 7.89. The average molecular weight is 779 g/mol. The largest absolute Gasteiger partial charge is 0.416 e. The van der Waals surface area contributed by atoms with E-state index >= 15 is 0 Å². The number of hydrogen-bond donors (Lipinski definition) is 2. The fourth-order valence-electron chi connectivity index (χ4n) is 6.16. The SMILES string of the molecule is CNS(=O)(=O)c1ccc(N2CCOCC2)c(C(=O)N2CCN(c3ccc(C(F)(F)F)cc3F)CC2)c1.Fc1cc(C(F)(F)F)ccc1N1CCNCC1. The molecule has 290 valence electrons. The number of rotatable bonds is 6. The number of halogens is 8. The van der Waals surface area contributed by atoms with E-state index in [0.717, 1.165) is 18.2 Å². The second kappa shape index (κ2) is 16.4. The maximum Gasteiger partial charge on any atom is 0.416 e. The van der Waals surface area contributed by atoms with E-state index in [0.29, 0.717) is 70.3 Å². The van der Waals surface area contributed by atoms with Gasteiger partial charge in [-0.1, -0.05) is 0 Å². The molecule has 19 heteroatoms. The number of piperazine rings is 2. The van der Waals surface area contributed by atoms with Gasteiger partial charge in [0.05, 0.1) is 46.2 Å². The van der Waals surface area contributed by atoms with Crippen molar-refractivity contribution in [2.75, 3.05) is 100 Å². The summed E-state index contributed by atoms with van der Waals surface area (Å²) in [5.41, 5.74) is -0.929. The van der Waals surface area contributed by atoms with Crippen LogP contribution in [0.2, 0.25) is 0 Å². The molecule has 0 aromatic heterocycles. The number of carbonyl (C=O) groups is 1. The highest BCUT2D eigenvalue weighted by Gasteiger charge is 2.34. The lowest BCUT2D eigenvalue weighted by molar-refractivity contribution is -0.138. The first kappa shape index (κ1) is 40.0. The molecular weight excluding hydrogens is 740 g/mol. The number of alkyl halides is 6. The molecule has 0 aliphatic carbocycles. The molecule has 10 nitrogen and oxygen atoms in total. The summed E-state index contributed by atoms with van der Waals surface area (Å²) in [7, 11) is -2.51. The maximum absolute atomic E-state index is 14.4. The first-order valence-corrected chi connectivity index (χ1v) is 18.1. The molecule has 0 spiro atoms. The van der Waals surface area contributed by atoms with Gasteiger partial charge in [0.2, 0.25) is 10.0 Å². The third kappa shape index (κ3) is 9.68. The summed E-state index contributed by atoms with van der Waals surface area (Å²) in [6.45, 7) is 5.42. The second-order valence-electron chi connectivity index (χ2n) is 12.3. The van der Waals surface area contributed by atoms with Gasteiger partial charge in [-0.05, 0) is 61.6 Å². The molecule has 3 aromatic rings. The molecule has 3 aromatic carbocycles. The zero-order chi connectivity index (χ0) is 38.6. The summed E-state index contributed by atoms with van der Waals surface area (Å²) in [6.07, 6.45) is -9.14. The fourth-order valence-corrected chi connectivity index (χ4v) is 6.91. The quantitative estimate of drug-likeness (QED) is 0.345.